The average Bonchev–Trinajstić information content (AvgIpc) is 3.31. The Hall–Kier alpha value is -2.67. The second kappa shape index (κ2) is 7.15. The summed E-state index contributed by atoms with van der Waals surface area (Å²) in [6.07, 6.45) is 3.33. The summed E-state index contributed by atoms with van der Waals surface area (Å²) in [7, 11) is 0. The molecule has 4 rings (SSSR count). The number of benzene rings is 1. The Kier molecular flexibility index (Phi) is 4.70. The van der Waals surface area contributed by atoms with Gasteiger partial charge in [-0.3, -0.25) is 4.79 Å². The average molecular weight is 389 g/mol. The highest BCUT2D eigenvalue weighted by molar-refractivity contribution is 6.30. The molecule has 27 heavy (non-hydrogen) atoms. The molecule has 0 unspecified atom stereocenters. The van der Waals surface area contributed by atoms with Crippen molar-refractivity contribution in [2.75, 3.05) is 6.54 Å². The van der Waals surface area contributed by atoms with Crippen molar-refractivity contribution in [3.8, 4) is 11.6 Å². The third-order valence-corrected chi connectivity index (χ3v) is 5.14. The van der Waals surface area contributed by atoms with E-state index in [4.69, 9.17) is 16.1 Å². The molecule has 1 amide bonds. The number of nitrogens with zero attached hydrogens (tertiary/aromatic N) is 3. The minimum absolute atomic E-state index is 0.0199. The SMILES string of the molecule is C[C@H]1CC[C@@H](c2noc(-c3cc(Cl)c[nH]3)n2)CN1C(=O)c1ccc(F)cc1. The van der Waals surface area contributed by atoms with Crippen LogP contribution in [0.1, 0.15) is 41.9 Å². The van der Waals surface area contributed by atoms with Crippen LogP contribution in [0.3, 0.4) is 0 Å². The van der Waals surface area contributed by atoms with Crippen LogP contribution < -0.4 is 0 Å². The summed E-state index contributed by atoms with van der Waals surface area (Å²) in [6.45, 7) is 2.50. The Bertz CT molecular complexity index is 953. The standard InChI is InChI=1S/C19H18ClFN4O2/c1-11-2-3-13(10-25(11)19(26)12-4-6-15(21)7-5-12)17-23-18(27-24-17)16-8-14(20)9-22-16/h4-9,11,13,22H,2-3,10H2,1H3/t11-,13+/m0/s1. The van der Waals surface area contributed by atoms with Crippen LogP contribution in [0.2, 0.25) is 5.02 Å². The first-order valence-electron chi connectivity index (χ1n) is 8.75. The summed E-state index contributed by atoms with van der Waals surface area (Å²) in [4.78, 5) is 22.1. The zero-order valence-electron chi connectivity index (χ0n) is 14.7. The molecule has 1 saturated heterocycles. The molecule has 2 aromatic heterocycles. The number of piperidine rings is 1. The maximum Gasteiger partial charge on any atom is 0.274 e. The minimum Gasteiger partial charge on any atom is -0.356 e. The van der Waals surface area contributed by atoms with E-state index in [0.29, 0.717) is 34.5 Å². The molecule has 6 nitrogen and oxygen atoms in total. The zero-order valence-corrected chi connectivity index (χ0v) is 15.4. The van der Waals surface area contributed by atoms with E-state index in [1.807, 2.05) is 6.92 Å². The van der Waals surface area contributed by atoms with E-state index in [-0.39, 0.29) is 23.7 Å². The van der Waals surface area contributed by atoms with E-state index < -0.39 is 0 Å². The van der Waals surface area contributed by atoms with E-state index in [1.54, 1.807) is 17.2 Å². The van der Waals surface area contributed by atoms with Crippen molar-refractivity contribution in [3.05, 3.63) is 58.8 Å². The molecule has 3 heterocycles. The van der Waals surface area contributed by atoms with Crippen LogP contribution in [-0.2, 0) is 0 Å². The second-order valence-corrected chi connectivity index (χ2v) is 7.21. The maximum atomic E-state index is 13.1. The Balaban J connectivity index is 1.53. The number of H-pyrrole nitrogens is 1. The smallest absolute Gasteiger partial charge is 0.274 e. The second-order valence-electron chi connectivity index (χ2n) is 6.78. The minimum atomic E-state index is -0.361. The molecule has 0 aliphatic carbocycles. The lowest BCUT2D eigenvalue weighted by atomic mass is 9.92. The van der Waals surface area contributed by atoms with E-state index in [9.17, 15) is 9.18 Å². The number of carbonyl (C=O) groups is 1. The van der Waals surface area contributed by atoms with Gasteiger partial charge in [-0.2, -0.15) is 4.98 Å². The molecule has 3 aromatic rings. The Labute approximate surface area is 160 Å². The van der Waals surface area contributed by atoms with Gasteiger partial charge < -0.3 is 14.4 Å². The van der Waals surface area contributed by atoms with Gasteiger partial charge in [0.15, 0.2) is 5.82 Å². The van der Waals surface area contributed by atoms with Gasteiger partial charge in [-0.05, 0) is 50.1 Å². The van der Waals surface area contributed by atoms with Gasteiger partial charge >= 0.3 is 0 Å². The van der Waals surface area contributed by atoms with Crippen LogP contribution in [0.25, 0.3) is 11.6 Å². The van der Waals surface area contributed by atoms with Crippen molar-refractivity contribution in [1.82, 2.24) is 20.0 Å². The van der Waals surface area contributed by atoms with E-state index in [1.165, 1.54) is 24.3 Å². The van der Waals surface area contributed by atoms with Crippen molar-refractivity contribution in [1.29, 1.82) is 0 Å². The van der Waals surface area contributed by atoms with Gasteiger partial charge in [-0.25, -0.2) is 4.39 Å². The fraction of sp³-hybridized carbons (Fsp3) is 0.316. The van der Waals surface area contributed by atoms with E-state index >= 15 is 0 Å². The first-order valence-corrected chi connectivity index (χ1v) is 9.13. The number of carbonyl (C=O) groups excluding carboxylic acids is 1. The summed E-state index contributed by atoms with van der Waals surface area (Å²) >= 11 is 5.92. The molecule has 0 spiro atoms. The lowest BCUT2D eigenvalue weighted by Gasteiger charge is -2.37. The summed E-state index contributed by atoms with van der Waals surface area (Å²) in [5.74, 6) is 0.437. The molecule has 2 atom stereocenters. The van der Waals surface area contributed by atoms with Gasteiger partial charge in [0.05, 0.1) is 5.02 Å². The summed E-state index contributed by atoms with van der Waals surface area (Å²) in [6, 6.07) is 7.42. The van der Waals surface area contributed by atoms with E-state index in [2.05, 4.69) is 15.1 Å². The summed E-state index contributed by atoms with van der Waals surface area (Å²) in [5, 5.41) is 4.65. The third kappa shape index (κ3) is 3.60. The van der Waals surface area contributed by atoms with Crippen LogP contribution in [0, 0.1) is 5.82 Å². The van der Waals surface area contributed by atoms with Crippen LogP contribution in [0.5, 0.6) is 0 Å². The first kappa shape index (κ1) is 17.7. The van der Waals surface area contributed by atoms with Crippen molar-refractivity contribution in [3.63, 3.8) is 0 Å². The lowest BCUT2D eigenvalue weighted by Crippen LogP contribution is -2.45. The molecular weight excluding hydrogens is 371 g/mol. The van der Waals surface area contributed by atoms with Crippen LogP contribution >= 0.6 is 11.6 Å². The summed E-state index contributed by atoms with van der Waals surface area (Å²) < 4.78 is 18.5. The largest absolute Gasteiger partial charge is 0.356 e. The molecule has 8 heteroatoms. The maximum absolute atomic E-state index is 13.1. The van der Waals surface area contributed by atoms with Crippen molar-refractivity contribution in [2.24, 2.45) is 0 Å². The van der Waals surface area contributed by atoms with Gasteiger partial charge in [0.25, 0.3) is 11.8 Å². The zero-order chi connectivity index (χ0) is 19.0. The number of hydrogen-bond donors (Lipinski definition) is 1. The highest BCUT2D eigenvalue weighted by Gasteiger charge is 2.32. The predicted octanol–water partition coefficient (Wildman–Crippen LogP) is 4.27. The molecule has 1 N–H and O–H groups in total. The number of aromatic nitrogens is 3. The molecule has 140 valence electrons. The van der Waals surface area contributed by atoms with Crippen LogP contribution in [0.15, 0.2) is 41.1 Å². The van der Waals surface area contributed by atoms with Gasteiger partial charge in [0.2, 0.25) is 0 Å². The lowest BCUT2D eigenvalue weighted by molar-refractivity contribution is 0.0604. The Morgan fingerprint density at radius 2 is 2.11 bits per heavy atom. The summed E-state index contributed by atoms with van der Waals surface area (Å²) in [5.41, 5.74) is 1.13. The van der Waals surface area contributed by atoms with Gasteiger partial charge in [0, 0.05) is 30.3 Å². The van der Waals surface area contributed by atoms with Gasteiger partial charge in [-0.1, -0.05) is 16.8 Å². The Morgan fingerprint density at radius 3 is 2.81 bits per heavy atom. The molecule has 1 aliphatic rings. The number of amides is 1. The first-order chi connectivity index (χ1) is 13.0. The highest BCUT2D eigenvalue weighted by atomic mass is 35.5. The van der Waals surface area contributed by atoms with Gasteiger partial charge in [0.1, 0.15) is 11.5 Å². The Morgan fingerprint density at radius 1 is 1.33 bits per heavy atom. The molecule has 1 aromatic carbocycles. The molecule has 1 aliphatic heterocycles. The topological polar surface area (TPSA) is 75.0 Å². The molecule has 0 bridgehead atoms. The number of likely N-dealkylation sites (tertiary alicyclic amines) is 1. The number of hydrogen-bond acceptors (Lipinski definition) is 4. The number of aromatic amines is 1. The van der Waals surface area contributed by atoms with Crippen molar-refractivity contribution >= 4 is 17.5 Å². The van der Waals surface area contributed by atoms with Crippen molar-refractivity contribution < 1.29 is 13.7 Å². The number of nitrogens with one attached hydrogen (secondary N) is 1. The third-order valence-electron chi connectivity index (χ3n) is 4.92. The van der Waals surface area contributed by atoms with E-state index in [0.717, 1.165) is 12.8 Å². The predicted molar refractivity (Wildman–Crippen MR) is 98.0 cm³/mol. The quantitative estimate of drug-likeness (QED) is 0.727. The van der Waals surface area contributed by atoms with Crippen LogP contribution in [0.4, 0.5) is 4.39 Å². The number of halogens is 2. The van der Waals surface area contributed by atoms with Crippen molar-refractivity contribution in [2.45, 2.75) is 31.7 Å². The van der Waals surface area contributed by atoms with Gasteiger partial charge in [-0.15, -0.1) is 0 Å². The fourth-order valence-corrected chi connectivity index (χ4v) is 3.52. The highest BCUT2D eigenvalue weighted by Crippen LogP contribution is 2.31. The fourth-order valence-electron chi connectivity index (χ4n) is 3.36. The monoisotopic (exact) mass is 388 g/mol. The molecule has 0 saturated carbocycles. The van der Waals surface area contributed by atoms with Crippen LogP contribution in [-0.4, -0.2) is 38.5 Å². The normalized spacial score (nSPS) is 20.0. The molecule has 1 fully saturated rings. The number of rotatable bonds is 3. The molecular formula is C19H18ClFN4O2. The molecule has 0 radical (unpaired) electrons.